The summed E-state index contributed by atoms with van der Waals surface area (Å²) < 4.78 is 65.0. The Morgan fingerprint density at radius 1 is 1.14 bits per heavy atom. The molecule has 1 saturated carbocycles. The number of hydrogen-bond acceptors (Lipinski definition) is 8. The number of benzene rings is 1. The van der Waals surface area contributed by atoms with Crippen LogP contribution in [0.2, 0.25) is 0 Å². The average Bonchev–Trinajstić information content (AvgIpc) is 3.58. The van der Waals surface area contributed by atoms with E-state index >= 15 is 0 Å². The Hall–Kier alpha value is -3.81. The number of amides is 1. The number of hydrogen-bond donors (Lipinski definition) is 2. The molecule has 0 aliphatic heterocycles. The Labute approximate surface area is 199 Å². The number of carbonyl (C=O) groups excluding carboxylic acids is 1. The molecule has 2 N–H and O–H groups in total. The van der Waals surface area contributed by atoms with E-state index in [1.54, 1.807) is 0 Å². The smallest absolute Gasteiger partial charge is 0.321 e. The molecule has 1 aromatic carbocycles. The molecule has 0 radical (unpaired) electrons. The first kappa shape index (κ1) is 24.3. The maximum Gasteiger partial charge on any atom is 0.321 e. The first-order chi connectivity index (χ1) is 16.7. The second kappa shape index (κ2) is 9.82. The van der Waals surface area contributed by atoms with Crippen LogP contribution in [0.3, 0.4) is 0 Å². The highest BCUT2D eigenvalue weighted by Crippen LogP contribution is 2.41. The van der Waals surface area contributed by atoms with E-state index in [-0.39, 0.29) is 40.8 Å². The fraction of sp³-hybridized carbons (Fsp3) is 0.333. The number of anilines is 2. The molecule has 1 amide bonds. The van der Waals surface area contributed by atoms with Gasteiger partial charge in [0.15, 0.2) is 5.82 Å². The third-order valence-corrected chi connectivity index (χ3v) is 6.47. The van der Waals surface area contributed by atoms with Gasteiger partial charge in [-0.3, -0.25) is 14.2 Å². The van der Waals surface area contributed by atoms with E-state index in [0.29, 0.717) is 11.4 Å². The molecule has 186 valence electrons. The number of ether oxygens (including phenoxy) is 2. The third kappa shape index (κ3) is 5.82. The Bertz CT molecular complexity index is 1300. The molecule has 2 heterocycles. The molecule has 0 spiro atoms. The topological polar surface area (TPSA) is 137 Å². The minimum atomic E-state index is -4.02. The Morgan fingerprint density at radius 2 is 1.86 bits per heavy atom. The molecule has 3 aromatic rings. The van der Waals surface area contributed by atoms with Gasteiger partial charge in [0.25, 0.3) is 16.4 Å². The van der Waals surface area contributed by atoms with Crippen LogP contribution < -0.4 is 19.5 Å². The van der Waals surface area contributed by atoms with Crippen LogP contribution in [0.5, 0.6) is 11.9 Å². The molecule has 35 heavy (non-hydrogen) atoms. The average molecular weight is 509 g/mol. The first-order valence-electron chi connectivity index (χ1n) is 10.4. The van der Waals surface area contributed by atoms with Crippen LogP contribution in [-0.4, -0.2) is 48.3 Å². The van der Waals surface area contributed by atoms with Crippen molar-refractivity contribution in [3.05, 3.63) is 47.8 Å². The lowest BCUT2D eigenvalue weighted by atomic mass is 10.2. The molecule has 0 saturated heterocycles. The van der Waals surface area contributed by atoms with Gasteiger partial charge in [0.1, 0.15) is 12.2 Å². The minimum Gasteiger partial charge on any atom is -0.481 e. The Morgan fingerprint density at radius 3 is 2.46 bits per heavy atom. The maximum absolute atomic E-state index is 13.0. The fourth-order valence-corrected chi connectivity index (χ4v) is 4.29. The summed E-state index contributed by atoms with van der Waals surface area (Å²) in [5.74, 6) is -0.297. The zero-order chi connectivity index (χ0) is 25.2. The molecule has 1 aliphatic carbocycles. The summed E-state index contributed by atoms with van der Waals surface area (Å²) >= 11 is 0. The maximum atomic E-state index is 13.0. The number of sulfonamides is 1. The van der Waals surface area contributed by atoms with Crippen molar-refractivity contribution < 1.29 is 31.5 Å². The quantitative estimate of drug-likeness (QED) is 0.426. The minimum absolute atomic E-state index is 0.0556. The lowest BCUT2D eigenvalue weighted by Crippen LogP contribution is -2.21. The van der Waals surface area contributed by atoms with Gasteiger partial charge in [-0.25, -0.2) is 17.2 Å². The van der Waals surface area contributed by atoms with Gasteiger partial charge in [0, 0.05) is 23.4 Å². The molecule has 11 nitrogen and oxygen atoms in total. The van der Waals surface area contributed by atoms with E-state index in [2.05, 4.69) is 25.1 Å². The summed E-state index contributed by atoms with van der Waals surface area (Å²) in [7, 11) is -1.32. The standard InChI is InChI=1S/C21H22F2N6O5S/c1-33-19-10-17(25-21(26-19)34-2)28-35(31,32)14-7-5-13(6-8-14)24-18(30)11-29-16(12-3-4-12)9-15(27-29)20(22)23/h5-10,12,20H,3-4,11H2,1-2H3,(H,24,30)(H,25,26,28). The van der Waals surface area contributed by atoms with Gasteiger partial charge in [-0.1, -0.05) is 0 Å². The number of aromatic nitrogens is 4. The van der Waals surface area contributed by atoms with E-state index in [9.17, 15) is 22.0 Å². The van der Waals surface area contributed by atoms with Crippen molar-refractivity contribution in [2.45, 2.75) is 36.6 Å². The summed E-state index contributed by atoms with van der Waals surface area (Å²) in [4.78, 5) is 20.2. The summed E-state index contributed by atoms with van der Waals surface area (Å²) in [6.07, 6.45) is -0.979. The Balaban J connectivity index is 1.43. The van der Waals surface area contributed by atoms with Crippen LogP contribution >= 0.6 is 0 Å². The molecular formula is C21H22F2N6O5S. The second-order valence-corrected chi connectivity index (χ2v) is 9.37. The highest BCUT2D eigenvalue weighted by atomic mass is 32.2. The number of alkyl halides is 2. The number of rotatable bonds is 10. The van der Waals surface area contributed by atoms with Gasteiger partial charge in [0.2, 0.25) is 11.8 Å². The zero-order valence-electron chi connectivity index (χ0n) is 18.7. The Kier molecular flexibility index (Phi) is 6.82. The van der Waals surface area contributed by atoms with Gasteiger partial charge in [-0.15, -0.1) is 0 Å². The number of methoxy groups -OCH3 is 2. The van der Waals surface area contributed by atoms with Crippen LogP contribution in [0.4, 0.5) is 20.3 Å². The normalized spacial score (nSPS) is 13.5. The van der Waals surface area contributed by atoms with Gasteiger partial charge in [-0.05, 0) is 43.2 Å². The van der Waals surface area contributed by atoms with Crippen molar-refractivity contribution in [2.75, 3.05) is 24.3 Å². The number of nitrogens with zero attached hydrogens (tertiary/aromatic N) is 4. The van der Waals surface area contributed by atoms with Crippen molar-refractivity contribution >= 4 is 27.4 Å². The van der Waals surface area contributed by atoms with Crippen LogP contribution in [0, 0.1) is 0 Å². The van der Waals surface area contributed by atoms with Crippen LogP contribution in [0.1, 0.15) is 36.6 Å². The van der Waals surface area contributed by atoms with E-state index < -0.39 is 22.4 Å². The summed E-state index contributed by atoms with van der Waals surface area (Å²) in [5, 5.41) is 6.47. The SMILES string of the molecule is COc1cc(NS(=O)(=O)c2ccc(NC(=O)Cn3nc(C(F)F)cc3C3CC3)cc2)nc(OC)n1. The number of carbonyl (C=O) groups is 1. The van der Waals surface area contributed by atoms with Crippen LogP contribution in [-0.2, 0) is 21.4 Å². The summed E-state index contributed by atoms with van der Waals surface area (Å²) in [5.41, 5.74) is 0.579. The number of nitrogens with one attached hydrogen (secondary N) is 2. The van der Waals surface area contributed by atoms with E-state index in [1.165, 1.54) is 55.3 Å². The monoisotopic (exact) mass is 508 g/mol. The summed E-state index contributed by atoms with van der Waals surface area (Å²) in [6.45, 7) is -0.239. The van der Waals surface area contributed by atoms with E-state index in [0.717, 1.165) is 12.8 Å². The highest BCUT2D eigenvalue weighted by Gasteiger charge is 2.30. The van der Waals surface area contributed by atoms with Crippen LogP contribution in [0.15, 0.2) is 41.3 Å². The first-order valence-corrected chi connectivity index (χ1v) is 11.9. The van der Waals surface area contributed by atoms with Gasteiger partial charge < -0.3 is 14.8 Å². The van der Waals surface area contributed by atoms with Gasteiger partial charge >= 0.3 is 6.01 Å². The molecule has 1 aliphatic rings. The van der Waals surface area contributed by atoms with Crippen molar-refractivity contribution in [2.24, 2.45) is 0 Å². The van der Waals surface area contributed by atoms with Crippen molar-refractivity contribution in [1.29, 1.82) is 0 Å². The van der Waals surface area contributed by atoms with Crippen molar-refractivity contribution in [1.82, 2.24) is 19.7 Å². The lowest BCUT2D eigenvalue weighted by molar-refractivity contribution is -0.117. The van der Waals surface area contributed by atoms with E-state index in [1.807, 2.05) is 0 Å². The van der Waals surface area contributed by atoms with E-state index in [4.69, 9.17) is 9.47 Å². The molecule has 1 fully saturated rings. The zero-order valence-corrected chi connectivity index (χ0v) is 19.6. The molecule has 2 aromatic heterocycles. The van der Waals surface area contributed by atoms with Gasteiger partial charge in [0.05, 0.1) is 19.1 Å². The summed E-state index contributed by atoms with van der Waals surface area (Å²) in [6, 6.07) is 7.96. The van der Waals surface area contributed by atoms with Crippen molar-refractivity contribution in [3.8, 4) is 11.9 Å². The fourth-order valence-electron chi connectivity index (χ4n) is 3.30. The molecule has 0 unspecified atom stereocenters. The lowest BCUT2D eigenvalue weighted by Gasteiger charge is -2.11. The predicted molar refractivity (Wildman–Crippen MR) is 120 cm³/mol. The predicted octanol–water partition coefficient (Wildman–Crippen LogP) is 2.94. The molecule has 0 bridgehead atoms. The molecule has 4 rings (SSSR count). The van der Waals surface area contributed by atoms with Gasteiger partial charge in [-0.2, -0.15) is 15.1 Å². The third-order valence-electron chi connectivity index (χ3n) is 5.10. The van der Waals surface area contributed by atoms with Crippen LogP contribution in [0.25, 0.3) is 0 Å². The number of halogens is 2. The molecule has 0 atom stereocenters. The highest BCUT2D eigenvalue weighted by molar-refractivity contribution is 7.92. The molecular weight excluding hydrogens is 486 g/mol. The second-order valence-electron chi connectivity index (χ2n) is 7.69. The molecule has 14 heteroatoms. The van der Waals surface area contributed by atoms with Crippen molar-refractivity contribution in [3.63, 3.8) is 0 Å². The largest absolute Gasteiger partial charge is 0.481 e.